The molecule has 3 heterocycles. The fourth-order valence-corrected chi connectivity index (χ4v) is 4.98. The van der Waals surface area contributed by atoms with Crippen LogP contribution in [0.4, 0.5) is 5.13 Å². The number of aromatic nitrogens is 2. The van der Waals surface area contributed by atoms with E-state index in [1.807, 2.05) is 11.4 Å². The molecule has 0 saturated carbocycles. The fourth-order valence-electron chi connectivity index (χ4n) is 3.35. The van der Waals surface area contributed by atoms with E-state index in [-0.39, 0.29) is 5.91 Å². The Morgan fingerprint density at radius 1 is 1.25 bits per heavy atom. The van der Waals surface area contributed by atoms with Gasteiger partial charge in [-0.3, -0.25) is 15.0 Å². The Balaban J connectivity index is 1.30. The molecule has 146 valence electrons. The molecule has 0 atom stereocenters. The molecule has 0 bridgehead atoms. The summed E-state index contributed by atoms with van der Waals surface area (Å²) >= 11 is 3.09. The van der Waals surface area contributed by atoms with Crippen molar-refractivity contribution in [3.63, 3.8) is 0 Å². The predicted octanol–water partition coefficient (Wildman–Crippen LogP) is 4.58. The molecule has 1 aliphatic heterocycles. The highest BCUT2D eigenvalue weighted by atomic mass is 32.1. The van der Waals surface area contributed by atoms with Crippen LogP contribution in [0.15, 0.2) is 35.7 Å². The van der Waals surface area contributed by atoms with Crippen LogP contribution in [-0.2, 0) is 19.4 Å². The van der Waals surface area contributed by atoms with Gasteiger partial charge in [-0.1, -0.05) is 49.4 Å². The molecule has 4 rings (SSSR count). The first-order valence-electron chi connectivity index (χ1n) is 9.60. The number of carbonyl (C=O) groups excluding carboxylic acids is 1. The zero-order valence-corrected chi connectivity index (χ0v) is 17.8. The van der Waals surface area contributed by atoms with E-state index in [2.05, 4.69) is 58.5 Å². The molecule has 0 saturated heterocycles. The maximum atomic E-state index is 12.4. The van der Waals surface area contributed by atoms with Gasteiger partial charge in [-0.15, -0.1) is 21.5 Å². The molecule has 0 aliphatic carbocycles. The minimum atomic E-state index is -0.113. The Morgan fingerprint density at radius 2 is 2.07 bits per heavy atom. The highest BCUT2D eigenvalue weighted by Crippen LogP contribution is 2.25. The van der Waals surface area contributed by atoms with Gasteiger partial charge in [0.1, 0.15) is 5.01 Å². The summed E-state index contributed by atoms with van der Waals surface area (Å²) < 4.78 is 0. The standard InChI is InChI=1S/C21H24N4OS2/c1-14(2)18-11-17(13-27-18)20(26)22-21-24-23-19(28-21)8-10-25-9-7-15-5-3-4-6-16(15)12-25/h3-6,11,13-14H,7-10,12H2,1-2H3,(H,22,24,26). The van der Waals surface area contributed by atoms with Gasteiger partial charge in [0, 0.05) is 36.3 Å². The van der Waals surface area contributed by atoms with Crippen molar-refractivity contribution in [1.82, 2.24) is 15.1 Å². The third-order valence-electron chi connectivity index (χ3n) is 4.99. The van der Waals surface area contributed by atoms with E-state index in [1.54, 1.807) is 11.3 Å². The number of nitrogens with one attached hydrogen (secondary N) is 1. The number of benzene rings is 1. The van der Waals surface area contributed by atoms with Crippen LogP contribution in [0.2, 0.25) is 0 Å². The van der Waals surface area contributed by atoms with E-state index in [9.17, 15) is 4.79 Å². The number of anilines is 1. The lowest BCUT2D eigenvalue weighted by Gasteiger charge is -2.28. The number of amides is 1. The Morgan fingerprint density at radius 3 is 2.86 bits per heavy atom. The van der Waals surface area contributed by atoms with E-state index in [0.29, 0.717) is 16.6 Å². The number of thiophene rings is 1. The Kier molecular flexibility index (Phi) is 5.85. The summed E-state index contributed by atoms with van der Waals surface area (Å²) in [5, 5.41) is 14.7. The van der Waals surface area contributed by atoms with Gasteiger partial charge in [0.2, 0.25) is 5.13 Å². The van der Waals surface area contributed by atoms with Crippen LogP contribution < -0.4 is 5.32 Å². The minimum absolute atomic E-state index is 0.113. The van der Waals surface area contributed by atoms with Crippen molar-refractivity contribution in [2.24, 2.45) is 0 Å². The molecule has 1 aromatic carbocycles. The van der Waals surface area contributed by atoms with Crippen LogP contribution in [0.3, 0.4) is 0 Å². The highest BCUT2D eigenvalue weighted by molar-refractivity contribution is 7.15. The lowest BCUT2D eigenvalue weighted by atomic mass is 10.00. The Hall–Kier alpha value is -2.09. The van der Waals surface area contributed by atoms with Crippen LogP contribution >= 0.6 is 22.7 Å². The van der Waals surface area contributed by atoms with Crippen molar-refractivity contribution in [2.45, 2.75) is 39.2 Å². The molecule has 0 radical (unpaired) electrons. The molecular weight excluding hydrogens is 388 g/mol. The molecule has 1 N–H and O–H groups in total. The second kappa shape index (κ2) is 8.51. The largest absolute Gasteiger partial charge is 0.298 e. The summed E-state index contributed by atoms with van der Waals surface area (Å²) in [5.74, 6) is 0.319. The first-order valence-corrected chi connectivity index (χ1v) is 11.3. The highest BCUT2D eigenvalue weighted by Gasteiger charge is 2.17. The monoisotopic (exact) mass is 412 g/mol. The summed E-state index contributed by atoms with van der Waals surface area (Å²) in [5.41, 5.74) is 3.58. The van der Waals surface area contributed by atoms with Crippen LogP contribution in [-0.4, -0.2) is 34.1 Å². The van der Waals surface area contributed by atoms with Gasteiger partial charge in [-0.2, -0.15) is 0 Å². The zero-order chi connectivity index (χ0) is 19.5. The molecule has 0 spiro atoms. The molecule has 7 heteroatoms. The molecular formula is C21H24N4OS2. The second-order valence-electron chi connectivity index (χ2n) is 7.39. The topological polar surface area (TPSA) is 58.1 Å². The molecule has 1 amide bonds. The van der Waals surface area contributed by atoms with Crippen LogP contribution in [0.1, 0.15) is 51.1 Å². The number of rotatable bonds is 6. The molecule has 0 unspecified atom stereocenters. The smallest absolute Gasteiger partial charge is 0.258 e. The van der Waals surface area contributed by atoms with Crippen molar-refractivity contribution in [2.75, 3.05) is 18.4 Å². The second-order valence-corrected chi connectivity index (χ2v) is 9.40. The number of nitrogens with zero attached hydrogens (tertiary/aromatic N) is 3. The summed E-state index contributed by atoms with van der Waals surface area (Å²) in [4.78, 5) is 16.1. The summed E-state index contributed by atoms with van der Waals surface area (Å²) in [6, 6.07) is 10.6. The number of hydrogen-bond donors (Lipinski definition) is 1. The zero-order valence-electron chi connectivity index (χ0n) is 16.1. The maximum absolute atomic E-state index is 12.4. The quantitative estimate of drug-likeness (QED) is 0.644. The average molecular weight is 413 g/mol. The molecule has 3 aromatic rings. The number of carbonyl (C=O) groups is 1. The molecule has 28 heavy (non-hydrogen) atoms. The van der Waals surface area contributed by atoms with Crippen molar-refractivity contribution in [1.29, 1.82) is 0 Å². The van der Waals surface area contributed by atoms with Crippen molar-refractivity contribution >= 4 is 33.7 Å². The predicted molar refractivity (Wildman–Crippen MR) is 115 cm³/mol. The molecule has 5 nitrogen and oxygen atoms in total. The lowest BCUT2D eigenvalue weighted by Crippen LogP contribution is -2.32. The van der Waals surface area contributed by atoms with Gasteiger partial charge >= 0.3 is 0 Å². The van der Waals surface area contributed by atoms with E-state index in [1.165, 1.54) is 27.3 Å². The normalized spacial score (nSPS) is 14.2. The van der Waals surface area contributed by atoms with E-state index in [0.717, 1.165) is 37.5 Å². The van der Waals surface area contributed by atoms with Crippen molar-refractivity contribution < 1.29 is 4.79 Å². The first-order chi connectivity index (χ1) is 13.6. The van der Waals surface area contributed by atoms with Crippen LogP contribution in [0, 0.1) is 0 Å². The average Bonchev–Trinajstić information content (AvgIpc) is 3.36. The van der Waals surface area contributed by atoms with Gasteiger partial charge in [-0.05, 0) is 29.5 Å². The summed E-state index contributed by atoms with van der Waals surface area (Å²) in [6.07, 6.45) is 1.96. The van der Waals surface area contributed by atoms with Gasteiger partial charge in [-0.25, -0.2) is 0 Å². The number of fused-ring (bicyclic) bond motifs is 1. The maximum Gasteiger partial charge on any atom is 0.258 e. The number of hydrogen-bond acceptors (Lipinski definition) is 6. The van der Waals surface area contributed by atoms with Gasteiger partial charge in [0.25, 0.3) is 5.91 Å². The van der Waals surface area contributed by atoms with Crippen molar-refractivity contribution in [3.05, 3.63) is 62.3 Å². The van der Waals surface area contributed by atoms with Gasteiger partial charge < -0.3 is 0 Å². The minimum Gasteiger partial charge on any atom is -0.298 e. The first kappa shape index (κ1) is 19.2. The Bertz CT molecular complexity index is 963. The van der Waals surface area contributed by atoms with E-state index >= 15 is 0 Å². The fraction of sp³-hybridized carbons (Fsp3) is 0.381. The van der Waals surface area contributed by atoms with Crippen molar-refractivity contribution in [3.8, 4) is 0 Å². The molecule has 1 aliphatic rings. The third kappa shape index (κ3) is 4.48. The van der Waals surface area contributed by atoms with E-state index < -0.39 is 0 Å². The van der Waals surface area contributed by atoms with Crippen LogP contribution in [0.5, 0.6) is 0 Å². The van der Waals surface area contributed by atoms with Gasteiger partial charge in [0.05, 0.1) is 5.56 Å². The summed E-state index contributed by atoms with van der Waals surface area (Å²) in [7, 11) is 0. The summed E-state index contributed by atoms with van der Waals surface area (Å²) in [6.45, 7) is 7.29. The SMILES string of the molecule is CC(C)c1cc(C(=O)Nc2nnc(CCN3CCc4ccccc4C3)s2)cs1. The van der Waals surface area contributed by atoms with Crippen LogP contribution in [0.25, 0.3) is 0 Å². The third-order valence-corrected chi connectivity index (χ3v) is 7.12. The molecule has 0 fully saturated rings. The van der Waals surface area contributed by atoms with E-state index in [4.69, 9.17) is 0 Å². The van der Waals surface area contributed by atoms with Gasteiger partial charge in [0.15, 0.2) is 0 Å². The lowest BCUT2D eigenvalue weighted by molar-refractivity contribution is 0.102. The molecule has 2 aromatic heterocycles. The Labute approximate surface area is 173 Å².